The number of benzene rings is 1. The van der Waals surface area contributed by atoms with Crippen molar-refractivity contribution in [3.63, 3.8) is 0 Å². The van der Waals surface area contributed by atoms with E-state index in [1.165, 1.54) is 5.56 Å². The Kier molecular flexibility index (Phi) is 6.40. The molecule has 0 aliphatic carbocycles. The van der Waals surface area contributed by atoms with E-state index in [1.54, 1.807) is 25.5 Å². The topological polar surface area (TPSA) is 49.8 Å². The number of guanidine groups is 1. The van der Waals surface area contributed by atoms with Crippen LogP contribution in [0.1, 0.15) is 16.3 Å². The molecule has 0 unspecified atom stereocenters. The molecule has 1 aromatic carbocycles. The predicted octanol–water partition coefficient (Wildman–Crippen LogP) is 2.71. The molecule has 23 heavy (non-hydrogen) atoms. The first-order valence-electron chi connectivity index (χ1n) is 7.58. The summed E-state index contributed by atoms with van der Waals surface area (Å²) in [5.74, 6) is 1.79. The summed E-state index contributed by atoms with van der Waals surface area (Å²) < 4.78 is 5.38. The number of aryl methyl sites for hydroxylation is 1. The van der Waals surface area contributed by atoms with E-state index in [2.05, 4.69) is 31.6 Å². The minimum absolute atomic E-state index is 0.749. The van der Waals surface area contributed by atoms with Crippen LogP contribution < -0.4 is 10.1 Å². The fraction of sp³-hybridized carbons (Fsp3) is 0.412. The van der Waals surface area contributed by atoms with Gasteiger partial charge in [-0.2, -0.15) is 0 Å². The number of nitrogens with zero attached hydrogens (tertiary/aromatic N) is 3. The zero-order valence-electron chi connectivity index (χ0n) is 14.2. The summed E-state index contributed by atoms with van der Waals surface area (Å²) in [5.41, 5.74) is 2.26. The van der Waals surface area contributed by atoms with Crippen molar-refractivity contribution in [2.75, 3.05) is 27.7 Å². The molecule has 1 aromatic heterocycles. The fourth-order valence-electron chi connectivity index (χ4n) is 2.40. The summed E-state index contributed by atoms with van der Waals surface area (Å²) in [6.45, 7) is 3.57. The number of hydrogen-bond acceptors (Lipinski definition) is 4. The highest BCUT2D eigenvalue weighted by atomic mass is 32.1. The van der Waals surface area contributed by atoms with E-state index in [4.69, 9.17) is 4.74 Å². The Morgan fingerprint density at radius 3 is 2.83 bits per heavy atom. The fourth-order valence-corrected chi connectivity index (χ4v) is 3.01. The molecule has 0 aliphatic heterocycles. The number of hydrogen-bond donors (Lipinski definition) is 1. The van der Waals surface area contributed by atoms with Crippen LogP contribution in [0.2, 0.25) is 0 Å². The number of para-hydroxylation sites is 1. The zero-order valence-corrected chi connectivity index (χ0v) is 15.0. The van der Waals surface area contributed by atoms with Crippen LogP contribution in [0.4, 0.5) is 0 Å². The maximum atomic E-state index is 5.38. The number of aromatic nitrogens is 1. The summed E-state index contributed by atoms with van der Waals surface area (Å²) in [6, 6.07) is 8.09. The molecule has 0 radical (unpaired) electrons. The first kappa shape index (κ1) is 17.3. The van der Waals surface area contributed by atoms with Gasteiger partial charge in [-0.3, -0.25) is 4.99 Å². The number of nitrogens with one attached hydrogen (secondary N) is 1. The van der Waals surface area contributed by atoms with Crippen LogP contribution in [0.25, 0.3) is 0 Å². The van der Waals surface area contributed by atoms with Gasteiger partial charge in [-0.15, -0.1) is 11.3 Å². The smallest absolute Gasteiger partial charge is 0.193 e. The molecule has 5 nitrogen and oxygen atoms in total. The van der Waals surface area contributed by atoms with E-state index < -0.39 is 0 Å². The van der Waals surface area contributed by atoms with E-state index >= 15 is 0 Å². The molecule has 0 saturated carbocycles. The number of ether oxygens (including phenoxy) is 1. The van der Waals surface area contributed by atoms with E-state index in [0.29, 0.717) is 0 Å². The maximum Gasteiger partial charge on any atom is 0.193 e. The third-order valence-electron chi connectivity index (χ3n) is 3.51. The maximum absolute atomic E-state index is 5.38. The third-order valence-corrected chi connectivity index (χ3v) is 4.33. The standard InChI is InChI=1S/C17H24N4OS/c1-13-20-15(12-23-13)11-21(3)17(18-2)19-10-9-14-7-5-6-8-16(14)22-4/h5-8,12H,9-11H2,1-4H3,(H,18,19). The van der Waals surface area contributed by atoms with Crippen LogP contribution in [0, 0.1) is 6.92 Å². The SMILES string of the molecule is CN=C(NCCc1ccccc1OC)N(C)Cc1csc(C)n1. The lowest BCUT2D eigenvalue weighted by Crippen LogP contribution is -2.39. The number of methoxy groups -OCH3 is 1. The van der Waals surface area contributed by atoms with Crippen molar-refractivity contribution >= 4 is 17.3 Å². The molecule has 0 aliphatic rings. The summed E-state index contributed by atoms with van der Waals surface area (Å²) in [4.78, 5) is 10.9. The second kappa shape index (κ2) is 8.53. The van der Waals surface area contributed by atoms with Gasteiger partial charge in [0.15, 0.2) is 5.96 Å². The molecule has 6 heteroatoms. The minimum Gasteiger partial charge on any atom is -0.496 e. The van der Waals surface area contributed by atoms with Gasteiger partial charge in [-0.05, 0) is 25.0 Å². The van der Waals surface area contributed by atoms with Gasteiger partial charge in [-0.1, -0.05) is 18.2 Å². The highest BCUT2D eigenvalue weighted by Gasteiger charge is 2.09. The Morgan fingerprint density at radius 1 is 1.39 bits per heavy atom. The van der Waals surface area contributed by atoms with Crippen LogP contribution in [-0.2, 0) is 13.0 Å². The molecule has 1 heterocycles. The number of thiazole rings is 1. The van der Waals surface area contributed by atoms with E-state index in [0.717, 1.165) is 41.9 Å². The van der Waals surface area contributed by atoms with Crippen LogP contribution in [-0.4, -0.2) is 43.6 Å². The molecule has 0 saturated heterocycles. The van der Waals surface area contributed by atoms with Gasteiger partial charge >= 0.3 is 0 Å². The minimum atomic E-state index is 0.749. The molecule has 0 bridgehead atoms. The lowest BCUT2D eigenvalue weighted by atomic mass is 10.1. The molecule has 0 fully saturated rings. The quantitative estimate of drug-likeness (QED) is 0.653. The lowest BCUT2D eigenvalue weighted by molar-refractivity contribution is 0.409. The van der Waals surface area contributed by atoms with E-state index in [1.807, 2.05) is 32.2 Å². The molecular weight excluding hydrogens is 308 g/mol. The highest BCUT2D eigenvalue weighted by molar-refractivity contribution is 7.09. The largest absolute Gasteiger partial charge is 0.496 e. The molecule has 2 rings (SSSR count). The highest BCUT2D eigenvalue weighted by Crippen LogP contribution is 2.17. The summed E-state index contributed by atoms with van der Waals surface area (Å²) in [5, 5.41) is 6.57. The first-order valence-corrected chi connectivity index (χ1v) is 8.46. The van der Waals surface area contributed by atoms with Gasteiger partial charge in [0.05, 0.1) is 24.4 Å². The van der Waals surface area contributed by atoms with Crippen LogP contribution in [0.5, 0.6) is 5.75 Å². The molecule has 124 valence electrons. The Bertz CT molecular complexity index is 654. The predicted molar refractivity (Wildman–Crippen MR) is 96.4 cm³/mol. The average molecular weight is 332 g/mol. The van der Waals surface area contributed by atoms with E-state index in [9.17, 15) is 0 Å². The monoisotopic (exact) mass is 332 g/mol. The normalized spacial score (nSPS) is 11.4. The van der Waals surface area contributed by atoms with Gasteiger partial charge in [-0.25, -0.2) is 4.98 Å². The van der Waals surface area contributed by atoms with Crippen LogP contribution in [0.3, 0.4) is 0 Å². The molecular formula is C17H24N4OS. The average Bonchev–Trinajstić information content (AvgIpc) is 2.96. The van der Waals surface area contributed by atoms with Crippen molar-refractivity contribution in [2.24, 2.45) is 4.99 Å². The third kappa shape index (κ3) is 4.96. The Hall–Kier alpha value is -2.08. The molecule has 1 N–H and O–H groups in total. The van der Waals surface area contributed by atoms with Crippen molar-refractivity contribution < 1.29 is 4.74 Å². The van der Waals surface area contributed by atoms with Crippen molar-refractivity contribution in [3.8, 4) is 5.75 Å². The van der Waals surface area contributed by atoms with Gasteiger partial charge in [0.25, 0.3) is 0 Å². The van der Waals surface area contributed by atoms with Gasteiger partial charge < -0.3 is 15.0 Å². The summed E-state index contributed by atoms with van der Waals surface area (Å²) >= 11 is 1.67. The molecule has 0 atom stereocenters. The Morgan fingerprint density at radius 2 is 2.17 bits per heavy atom. The zero-order chi connectivity index (χ0) is 16.7. The van der Waals surface area contributed by atoms with Gasteiger partial charge in [0, 0.05) is 26.0 Å². The molecule has 0 amide bonds. The van der Waals surface area contributed by atoms with Crippen molar-refractivity contribution in [3.05, 3.63) is 45.9 Å². The van der Waals surface area contributed by atoms with Crippen molar-refractivity contribution in [2.45, 2.75) is 19.9 Å². The van der Waals surface area contributed by atoms with E-state index in [-0.39, 0.29) is 0 Å². The Labute approximate surface area is 142 Å². The first-order chi connectivity index (χ1) is 11.1. The number of rotatable bonds is 6. The lowest BCUT2D eigenvalue weighted by Gasteiger charge is -2.21. The molecule has 2 aromatic rings. The van der Waals surface area contributed by atoms with Crippen molar-refractivity contribution in [1.29, 1.82) is 0 Å². The Balaban J connectivity index is 1.87. The second-order valence-electron chi connectivity index (χ2n) is 5.25. The van der Waals surface area contributed by atoms with Gasteiger partial charge in [0.1, 0.15) is 5.75 Å². The van der Waals surface area contributed by atoms with Crippen LogP contribution in [0.15, 0.2) is 34.6 Å². The van der Waals surface area contributed by atoms with Crippen molar-refractivity contribution in [1.82, 2.24) is 15.2 Å². The molecule has 0 spiro atoms. The van der Waals surface area contributed by atoms with Crippen LogP contribution >= 0.6 is 11.3 Å². The second-order valence-corrected chi connectivity index (χ2v) is 6.31. The summed E-state index contributed by atoms with van der Waals surface area (Å²) in [6.07, 6.45) is 0.882. The summed E-state index contributed by atoms with van der Waals surface area (Å²) in [7, 11) is 5.52. The van der Waals surface area contributed by atoms with Gasteiger partial charge in [0.2, 0.25) is 0 Å². The number of aliphatic imine (C=N–C) groups is 1.